The highest BCUT2D eigenvalue weighted by molar-refractivity contribution is 6.30. The van der Waals surface area contributed by atoms with Crippen LogP contribution in [0.5, 0.6) is 0 Å². The minimum absolute atomic E-state index is 0.0534. The second-order valence-corrected chi connectivity index (χ2v) is 5.04. The van der Waals surface area contributed by atoms with E-state index in [0.717, 1.165) is 6.07 Å². The zero-order valence-electron chi connectivity index (χ0n) is 11.5. The summed E-state index contributed by atoms with van der Waals surface area (Å²) in [4.78, 5) is 23.0. The predicted octanol–water partition coefficient (Wildman–Crippen LogP) is 2.72. The summed E-state index contributed by atoms with van der Waals surface area (Å²) >= 11 is 5.59. The lowest BCUT2D eigenvalue weighted by molar-refractivity contribution is -0.137. The number of aryl methyl sites for hydroxylation is 1. The van der Waals surface area contributed by atoms with Gasteiger partial charge in [-0.3, -0.25) is 9.59 Å². The van der Waals surface area contributed by atoms with Gasteiger partial charge < -0.3 is 14.9 Å². The summed E-state index contributed by atoms with van der Waals surface area (Å²) in [6.45, 7) is 1.64. The molecular formula is C14H12ClFN2O4. The van der Waals surface area contributed by atoms with E-state index in [-0.39, 0.29) is 16.3 Å². The summed E-state index contributed by atoms with van der Waals surface area (Å²) in [5, 5.41) is 14.9. The number of benzene rings is 1. The fraction of sp³-hybridized carbons (Fsp3) is 0.214. The average Bonchev–Trinajstić information content (AvgIpc) is 2.87. The highest BCUT2D eigenvalue weighted by Gasteiger charge is 2.22. The molecule has 0 fully saturated rings. The van der Waals surface area contributed by atoms with Crippen molar-refractivity contribution in [3.05, 3.63) is 52.1 Å². The molecule has 0 saturated heterocycles. The van der Waals surface area contributed by atoms with E-state index in [1.54, 1.807) is 6.92 Å². The van der Waals surface area contributed by atoms with Gasteiger partial charge in [0.1, 0.15) is 5.82 Å². The number of rotatable bonds is 5. The van der Waals surface area contributed by atoms with Crippen LogP contribution in [-0.2, 0) is 4.79 Å². The van der Waals surface area contributed by atoms with Crippen LogP contribution in [0.3, 0.4) is 0 Å². The third-order valence-electron chi connectivity index (χ3n) is 2.88. The van der Waals surface area contributed by atoms with Crippen LogP contribution in [0.15, 0.2) is 28.8 Å². The van der Waals surface area contributed by atoms with E-state index in [1.807, 2.05) is 0 Å². The van der Waals surface area contributed by atoms with E-state index in [9.17, 15) is 14.0 Å². The van der Waals surface area contributed by atoms with Crippen molar-refractivity contribution in [3.63, 3.8) is 0 Å². The predicted molar refractivity (Wildman–Crippen MR) is 75.1 cm³/mol. The topological polar surface area (TPSA) is 92.4 Å². The molecule has 0 bridgehead atoms. The van der Waals surface area contributed by atoms with Crippen molar-refractivity contribution >= 4 is 23.5 Å². The van der Waals surface area contributed by atoms with Crippen molar-refractivity contribution in [1.82, 2.24) is 10.5 Å². The number of hydrogen-bond acceptors (Lipinski definition) is 4. The van der Waals surface area contributed by atoms with Crippen LogP contribution >= 0.6 is 11.6 Å². The number of amides is 1. The van der Waals surface area contributed by atoms with Crippen LogP contribution in [-0.4, -0.2) is 22.1 Å². The van der Waals surface area contributed by atoms with Gasteiger partial charge in [-0.1, -0.05) is 22.8 Å². The van der Waals surface area contributed by atoms with Crippen LogP contribution in [0.4, 0.5) is 4.39 Å². The van der Waals surface area contributed by atoms with Crippen LogP contribution in [0, 0.1) is 12.7 Å². The first kappa shape index (κ1) is 16.0. The first-order chi connectivity index (χ1) is 10.4. The molecule has 0 aliphatic heterocycles. The molecule has 0 radical (unpaired) electrons. The van der Waals surface area contributed by atoms with Crippen LogP contribution in [0.2, 0.25) is 5.02 Å². The fourth-order valence-corrected chi connectivity index (χ4v) is 1.97. The molecule has 0 saturated carbocycles. The van der Waals surface area contributed by atoms with Crippen molar-refractivity contribution in [2.45, 2.75) is 19.4 Å². The maximum absolute atomic E-state index is 13.5. The average molecular weight is 327 g/mol. The first-order valence-electron chi connectivity index (χ1n) is 6.27. The summed E-state index contributed by atoms with van der Waals surface area (Å²) in [6, 6.07) is 4.32. The number of hydrogen-bond donors (Lipinski definition) is 2. The number of aliphatic carboxylic acids is 1. The Balaban J connectivity index is 2.24. The molecule has 116 valence electrons. The molecule has 1 heterocycles. The summed E-state index contributed by atoms with van der Waals surface area (Å²) in [6.07, 6.45) is -0.417. The lowest BCUT2D eigenvalue weighted by Crippen LogP contribution is -2.30. The highest BCUT2D eigenvalue weighted by atomic mass is 35.5. The molecule has 0 aliphatic carbocycles. The summed E-state index contributed by atoms with van der Waals surface area (Å²) < 4.78 is 18.3. The van der Waals surface area contributed by atoms with Crippen molar-refractivity contribution in [2.75, 3.05) is 0 Å². The largest absolute Gasteiger partial charge is 0.481 e. The van der Waals surface area contributed by atoms with E-state index in [4.69, 9.17) is 21.2 Å². The Morgan fingerprint density at radius 3 is 2.73 bits per heavy atom. The Kier molecular flexibility index (Phi) is 4.77. The van der Waals surface area contributed by atoms with E-state index in [2.05, 4.69) is 10.5 Å². The maximum atomic E-state index is 13.5. The zero-order chi connectivity index (χ0) is 16.3. The fourth-order valence-electron chi connectivity index (χ4n) is 1.86. The van der Waals surface area contributed by atoms with Crippen molar-refractivity contribution < 1.29 is 23.6 Å². The van der Waals surface area contributed by atoms with Crippen LogP contribution in [0.25, 0.3) is 0 Å². The van der Waals surface area contributed by atoms with Gasteiger partial charge in [-0.15, -0.1) is 0 Å². The molecule has 22 heavy (non-hydrogen) atoms. The molecule has 1 aromatic carbocycles. The number of carbonyl (C=O) groups excluding carboxylic acids is 1. The minimum atomic E-state index is -1.14. The molecular weight excluding hydrogens is 315 g/mol. The Morgan fingerprint density at radius 2 is 2.18 bits per heavy atom. The number of halogens is 2. The van der Waals surface area contributed by atoms with Crippen molar-refractivity contribution in [2.24, 2.45) is 0 Å². The summed E-state index contributed by atoms with van der Waals surface area (Å²) in [5.74, 6) is -2.53. The van der Waals surface area contributed by atoms with Gasteiger partial charge in [0.05, 0.1) is 23.2 Å². The second kappa shape index (κ2) is 6.57. The maximum Gasteiger partial charge on any atom is 0.305 e. The van der Waals surface area contributed by atoms with Gasteiger partial charge in [-0.05, 0) is 24.6 Å². The van der Waals surface area contributed by atoms with E-state index < -0.39 is 30.2 Å². The Labute approximate surface area is 129 Å². The molecule has 0 aliphatic rings. The third-order valence-corrected chi connectivity index (χ3v) is 3.19. The molecule has 2 aromatic rings. The molecule has 8 heteroatoms. The van der Waals surface area contributed by atoms with Gasteiger partial charge in [0.25, 0.3) is 5.91 Å². The van der Waals surface area contributed by atoms with Crippen LogP contribution in [0.1, 0.15) is 34.3 Å². The molecule has 1 aromatic heterocycles. The number of nitrogens with zero attached hydrogens (tertiary/aromatic N) is 1. The Bertz CT molecular complexity index is 717. The lowest BCUT2D eigenvalue weighted by atomic mass is 10.0. The summed E-state index contributed by atoms with van der Waals surface area (Å²) in [5.41, 5.74) is 0.798. The van der Waals surface area contributed by atoms with Crippen molar-refractivity contribution in [3.8, 4) is 0 Å². The van der Waals surface area contributed by atoms with E-state index in [1.165, 1.54) is 18.2 Å². The molecule has 1 atom stereocenters. The smallest absolute Gasteiger partial charge is 0.305 e. The molecule has 6 nitrogen and oxygen atoms in total. The number of aromatic nitrogens is 1. The zero-order valence-corrected chi connectivity index (χ0v) is 12.2. The molecule has 1 amide bonds. The van der Waals surface area contributed by atoms with Crippen molar-refractivity contribution in [1.29, 1.82) is 0 Å². The van der Waals surface area contributed by atoms with E-state index >= 15 is 0 Å². The first-order valence-corrected chi connectivity index (χ1v) is 6.65. The third kappa shape index (κ3) is 3.82. The van der Waals surface area contributed by atoms with Gasteiger partial charge in [0.15, 0.2) is 0 Å². The molecule has 0 unspecified atom stereocenters. The number of carbonyl (C=O) groups is 2. The van der Waals surface area contributed by atoms with Gasteiger partial charge in [0.2, 0.25) is 5.76 Å². The van der Waals surface area contributed by atoms with Crippen LogP contribution < -0.4 is 5.32 Å². The molecule has 0 spiro atoms. The lowest BCUT2D eigenvalue weighted by Gasteiger charge is -2.16. The van der Waals surface area contributed by atoms with Gasteiger partial charge in [0, 0.05) is 6.07 Å². The van der Waals surface area contributed by atoms with Gasteiger partial charge in [-0.25, -0.2) is 4.39 Å². The highest BCUT2D eigenvalue weighted by Crippen LogP contribution is 2.23. The quantitative estimate of drug-likeness (QED) is 0.881. The standard InChI is InChI=1S/C14H12ClFN2O4/c1-7-4-12(22-18-7)14(21)17-11(6-13(19)20)8-2-3-9(15)10(16)5-8/h2-5,11H,6H2,1H3,(H,17,21)(H,19,20)/t11-/m1/s1. The van der Waals surface area contributed by atoms with Gasteiger partial charge in [-0.2, -0.15) is 0 Å². The normalized spacial score (nSPS) is 12.0. The monoisotopic (exact) mass is 326 g/mol. The summed E-state index contributed by atoms with van der Waals surface area (Å²) in [7, 11) is 0. The second-order valence-electron chi connectivity index (χ2n) is 4.63. The number of carboxylic acid groups (broad SMARTS) is 1. The van der Waals surface area contributed by atoms with Gasteiger partial charge >= 0.3 is 5.97 Å². The van der Waals surface area contributed by atoms with E-state index in [0.29, 0.717) is 5.69 Å². The molecule has 2 N–H and O–H groups in total. The SMILES string of the molecule is Cc1cc(C(=O)N[C@H](CC(=O)O)c2ccc(Cl)c(F)c2)on1. The Hall–Kier alpha value is -2.41. The molecule has 2 rings (SSSR count). The number of carboxylic acids is 1. The minimum Gasteiger partial charge on any atom is -0.481 e. The Morgan fingerprint density at radius 1 is 1.45 bits per heavy atom. The number of nitrogens with one attached hydrogen (secondary N) is 1.